The third kappa shape index (κ3) is 3.74. The molecule has 2 atom stereocenters. The van der Waals surface area contributed by atoms with Crippen molar-refractivity contribution >= 4 is 17.5 Å². The van der Waals surface area contributed by atoms with Gasteiger partial charge in [0.1, 0.15) is 0 Å². The fraction of sp³-hybridized carbons (Fsp3) is 0.412. The molecule has 0 aliphatic carbocycles. The number of hydrogen-bond donors (Lipinski definition) is 1. The number of piperazine rings is 1. The average molecular weight is 333 g/mol. The summed E-state index contributed by atoms with van der Waals surface area (Å²) in [4.78, 5) is 14.5. The standard InChI is InChI=1S/C17H21ClN4O/c1-12-8-21(9-13(2)20-12)17(23)15-7-19-22(11-15)10-14-5-3-4-6-16(14)18/h3-7,11-13,20H,8-10H2,1-2H3/t12-,13-/m0/s1. The van der Waals surface area contributed by atoms with Crippen LogP contribution in [0.5, 0.6) is 0 Å². The number of amides is 1. The molecule has 0 bridgehead atoms. The van der Waals surface area contributed by atoms with E-state index in [0.29, 0.717) is 29.2 Å². The summed E-state index contributed by atoms with van der Waals surface area (Å²) in [6, 6.07) is 8.28. The second-order valence-electron chi connectivity index (χ2n) is 6.20. The minimum Gasteiger partial charge on any atom is -0.335 e. The van der Waals surface area contributed by atoms with Crippen LogP contribution in [0.3, 0.4) is 0 Å². The second-order valence-corrected chi connectivity index (χ2v) is 6.60. The molecule has 2 heterocycles. The SMILES string of the molecule is C[C@H]1CN(C(=O)c2cnn(Cc3ccccc3Cl)c2)C[C@H](C)N1. The predicted octanol–water partition coefficient (Wildman–Crippen LogP) is 2.41. The zero-order valence-electron chi connectivity index (χ0n) is 13.4. The molecule has 0 saturated carbocycles. The van der Waals surface area contributed by atoms with Crippen molar-refractivity contribution in [3.8, 4) is 0 Å². The molecule has 1 aliphatic heterocycles. The van der Waals surface area contributed by atoms with Crippen LogP contribution in [0.15, 0.2) is 36.7 Å². The fourth-order valence-electron chi connectivity index (χ4n) is 3.04. The molecule has 0 unspecified atom stereocenters. The molecule has 3 rings (SSSR count). The molecule has 23 heavy (non-hydrogen) atoms. The van der Waals surface area contributed by atoms with Crippen molar-refractivity contribution in [1.82, 2.24) is 20.0 Å². The van der Waals surface area contributed by atoms with Gasteiger partial charge in [-0.15, -0.1) is 0 Å². The molecule has 0 spiro atoms. The highest BCUT2D eigenvalue weighted by atomic mass is 35.5. The zero-order chi connectivity index (χ0) is 16.4. The summed E-state index contributed by atoms with van der Waals surface area (Å²) >= 11 is 6.17. The minimum atomic E-state index is 0.0376. The van der Waals surface area contributed by atoms with E-state index in [0.717, 1.165) is 18.7 Å². The van der Waals surface area contributed by atoms with Gasteiger partial charge in [-0.05, 0) is 25.5 Å². The highest BCUT2D eigenvalue weighted by Crippen LogP contribution is 2.16. The Morgan fingerprint density at radius 1 is 1.30 bits per heavy atom. The molecule has 1 aliphatic rings. The lowest BCUT2D eigenvalue weighted by Crippen LogP contribution is -2.55. The summed E-state index contributed by atoms with van der Waals surface area (Å²) in [6.07, 6.45) is 3.43. The van der Waals surface area contributed by atoms with Crippen molar-refractivity contribution < 1.29 is 4.79 Å². The summed E-state index contributed by atoms with van der Waals surface area (Å²) in [6.45, 7) is 6.19. The number of aromatic nitrogens is 2. The van der Waals surface area contributed by atoms with Gasteiger partial charge in [0.05, 0.1) is 18.3 Å². The van der Waals surface area contributed by atoms with E-state index < -0.39 is 0 Å². The molecule has 1 amide bonds. The normalized spacial score (nSPS) is 21.4. The van der Waals surface area contributed by atoms with Crippen molar-refractivity contribution in [3.05, 3.63) is 52.8 Å². The highest BCUT2D eigenvalue weighted by Gasteiger charge is 2.26. The number of rotatable bonds is 3. The molecule has 0 radical (unpaired) electrons. The van der Waals surface area contributed by atoms with Gasteiger partial charge in [-0.1, -0.05) is 29.8 Å². The maximum absolute atomic E-state index is 12.6. The van der Waals surface area contributed by atoms with Gasteiger partial charge in [0.15, 0.2) is 0 Å². The van der Waals surface area contributed by atoms with Crippen LogP contribution in [0.2, 0.25) is 5.02 Å². The molecular weight excluding hydrogens is 312 g/mol. The third-order valence-corrected chi connectivity index (χ3v) is 4.38. The minimum absolute atomic E-state index is 0.0376. The average Bonchev–Trinajstić information content (AvgIpc) is 2.96. The van der Waals surface area contributed by atoms with Crippen molar-refractivity contribution in [1.29, 1.82) is 0 Å². The van der Waals surface area contributed by atoms with Crippen molar-refractivity contribution in [3.63, 3.8) is 0 Å². The Kier molecular flexibility index (Phi) is 4.68. The van der Waals surface area contributed by atoms with Gasteiger partial charge in [0.25, 0.3) is 5.91 Å². The zero-order valence-corrected chi connectivity index (χ0v) is 14.1. The molecule has 1 N–H and O–H groups in total. The van der Waals surface area contributed by atoms with Gasteiger partial charge >= 0.3 is 0 Å². The van der Waals surface area contributed by atoms with Crippen molar-refractivity contribution in [2.24, 2.45) is 0 Å². The van der Waals surface area contributed by atoms with Gasteiger partial charge in [0.2, 0.25) is 0 Å². The molecule has 1 aromatic carbocycles. The Balaban J connectivity index is 1.71. The van der Waals surface area contributed by atoms with Crippen molar-refractivity contribution in [2.75, 3.05) is 13.1 Å². The Bertz CT molecular complexity index is 689. The van der Waals surface area contributed by atoms with Crippen LogP contribution < -0.4 is 5.32 Å². The molecule has 2 aromatic rings. The summed E-state index contributed by atoms with van der Waals surface area (Å²) in [5, 5.41) is 8.44. The van der Waals surface area contributed by atoms with Crippen LogP contribution in [0, 0.1) is 0 Å². The van der Waals surface area contributed by atoms with Crippen LogP contribution in [0.4, 0.5) is 0 Å². The van der Waals surface area contributed by atoms with Crippen LogP contribution in [-0.4, -0.2) is 45.8 Å². The van der Waals surface area contributed by atoms with E-state index in [1.54, 1.807) is 17.1 Å². The first-order valence-electron chi connectivity index (χ1n) is 7.84. The number of carbonyl (C=O) groups is 1. The first-order valence-corrected chi connectivity index (χ1v) is 8.22. The van der Waals surface area contributed by atoms with Gasteiger partial charge in [-0.2, -0.15) is 5.10 Å². The van der Waals surface area contributed by atoms with Gasteiger partial charge in [-0.25, -0.2) is 0 Å². The number of nitrogens with zero attached hydrogens (tertiary/aromatic N) is 3. The van der Waals surface area contributed by atoms with E-state index in [-0.39, 0.29) is 5.91 Å². The quantitative estimate of drug-likeness (QED) is 0.939. The van der Waals surface area contributed by atoms with Crippen molar-refractivity contribution in [2.45, 2.75) is 32.5 Å². The fourth-order valence-corrected chi connectivity index (χ4v) is 3.23. The summed E-state index contributed by atoms with van der Waals surface area (Å²) in [5.74, 6) is 0.0376. The van der Waals surface area contributed by atoms with Gasteiger partial charge in [0, 0.05) is 36.4 Å². The Labute approximate surface area is 141 Å². The van der Waals surface area contributed by atoms with E-state index in [9.17, 15) is 4.79 Å². The van der Waals surface area contributed by atoms with E-state index in [2.05, 4.69) is 24.3 Å². The monoisotopic (exact) mass is 332 g/mol. The Morgan fingerprint density at radius 2 is 2.00 bits per heavy atom. The number of carbonyl (C=O) groups excluding carboxylic acids is 1. The van der Waals surface area contributed by atoms with E-state index in [1.807, 2.05) is 29.2 Å². The lowest BCUT2D eigenvalue weighted by atomic mass is 10.1. The topological polar surface area (TPSA) is 50.2 Å². The van der Waals surface area contributed by atoms with Gasteiger partial charge in [-0.3, -0.25) is 9.48 Å². The Hall–Kier alpha value is -1.85. The molecule has 1 fully saturated rings. The van der Waals surface area contributed by atoms with Crippen LogP contribution in [0.1, 0.15) is 29.8 Å². The lowest BCUT2D eigenvalue weighted by molar-refractivity contribution is 0.0673. The summed E-state index contributed by atoms with van der Waals surface area (Å²) < 4.78 is 1.75. The highest BCUT2D eigenvalue weighted by molar-refractivity contribution is 6.31. The molecule has 1 aromatic heterocycles. The number of hydrogen-bond acceptors (Lipinski definition) is 3. The first-order chi connectivity index (χ1) is 11.0. The number of halogens is 1. The molecule has 1 saturated heterocycles. The third-order valence-electron chi connectivity index (χ3n) is 4.02. The van der Waals surface area contributed by atoms with Gasteiger partial charge < -0.3 is 10.2 Å². The van der Waals surface area contributed by atoms with E-state index in [4.69, 9.17) is 11.6 Å². The number of benzene rings is 1. The summed E-state index contributed by atoms with van der Waals surface area (Å²) in [7, 11) is 0. The summed E-state index contributed by atoms with van der Waals surface area (Å²) in [5.41, 5.74) is 1.61. The molecular formula is C17H21ClN4O. The van der Waals surface area contributed by atoms with Crippen LogP contribution in [-0.2, 0) is 6.54 Å². The Morgan fingerprint density at radius 3 is 2.70 bits per heavy atom. The maximum Gasteiger partial charge on any atom is 0.257 e. The predicted molar refractivity (Wildman–Crippen MR) is 90.7 cm³/mol. The largest absolute Gasteiger partial charge is 0.335 e. The molecule has 5 nitrogen and oxygen atoms in total. The molecule has 6 heteroatoms. The van der Waals surface area contributed by atoms with Crippen LogP contribution in [0.25, 0.3) is 0 Å². The van der Waals surface area contributed by atoms with E-state index >= 15 is 0 Å². The first kappa shape index (κ1) is 16.0. The number of nitrogens with one attached hydrogen (secondary N) is 1. The molecule has 122 valence electrons. The van der Waals surface area contributed by atoms with Crippen LogP contribution >= 0.6 is 11.6 Å². The lowest BCUT2D eigenvalue weighted by Gasteiger charge is -2.35. The maximum atomic E-state index is 12.6. The smallest absolute Gasteiger partial charge is 0.257 e. The second kappa shape index (κ2) is 6.72. The van der Waals surface area contributed by atoms with E-state index in [1.165, 1.54) is 0 Å².